The number of carbonyl (C=O) groups is 1. The second-order valence-corrected chi connectivity index (χ2v) is 2.24. The van der Waals surface area contributed by atoms with Crippen molar-refractivity contribution >= 4 is 5.91 Å². The van der Waals surface area contributed by atoms with Gasteiger partial charge in [-0.2, -0.15) is 13.2 Å². The molecule has 1 aliphatic rings. The van der Waals surface area contributed by atoms with E-state index >= 15 is 0 Å². The zero-order chi connectivity index (χ0) is 8.48. The number of hydrogen-bond acceptors (Lipinski definition) is 1. The van der Waals surface area contributed by atoms with E-state index in [0.29, 0.717) is 0 Å². The van der Waals surface area contributed by atoms with E-state index in [-0.39, 0.29) is 6.42 Å². The van der Waals surface area contributed by atoms with Crippen molar-refractivity contribution in [3.63, 3.8) is 0 Å². The molecule has 1 atom stereocenters. The van der Waals surface area contributed by atoms with E-state index in [9.17, 15) is 18.0 Å². The zero-order valence-corrected chi connectivity index (χ0v) is 5.48. The summed E-state index contributed by atoms with van der Waals surface area (Å²) in [5, 5.41) is 1.81. The Hall–Kier alpha value is -1.00. The topological polar surface area (TPSA) is 29.1 Å². The van der Waals surface area contributed by atoms with Gasteiger partial charge in [0.1, 0.15) is 6.04 Å². The lowest BCUT2D eigenvalue weighted by Gasteiger charge is -2.21. The van der Waals surface area contributed by atoms with E-state index in [2.05, 4.69) is 0 Å². The quantitative estimate of drug-likeness (QED) is 0.569. The van der Waals surface area contributed by atoms with Crippen LogP contribution in [0.1, 0.15) is 6.42 Å². The molecule has 1 unspecified atom stereocenters. The zero-order valence-electron chi connectivity index (χ0n) is 5.48. The van der Waals surface area contributed by atoms with Crippen molar-refractivity contribution in [2.45, 2.75) is 18.6 Å². The lowest BCUT2D eigenvalue weighted by atomic mass is 10.1. The minimum absolute atomic E-state index is 0.171. The minimum Gasteiger partial charge on any atom is -0.341 e. The summed E-state index contributed by atoms with van der Waals surface area (Å²) in [6.45, 7) is 0. The molecule has 0 saturated heterocycles. The molecular weight excluding hydrogens is 159 g/mol. The van der Waals surface area contributed by atoms with Crippen LogP contribution in [0.4, 0.5) is 13.2 Å². The Morgan fingerprint density at radius 2 is 2.18 bits per heavy atom. The molecule has 1 rings (SSSR count). The fraction of sp³-hybridized carbons (Fsp3) is 0.500. The van der Waals surface area contributed by atoms with Gasteiger partial charge < -0.3 is 5.32 Å². The molecule has 0 spiro atoms. The summed E-state index contributed by atoms with van der Waals surface area (Å²) in [5.74, 6) is -0.682. The molecule has 11 heavy (non-hydrogen) atoms. The molecule has 0 aromatic carbocycles. The summed E-state index contributed by atoms with van der Waals surface area (Å²) in [5.41, 5.74) is 0. The van der Waals surface area contributed by atoms with Gasteiger partial charge in [0.15, 0.2) is 0 Å². The van der Waals surface area contributed by atoms with Gasteiger partial charge in [-0.05, 0) is 12.5 Å². The van der Waals surface area contributed by atoms with E-state index in [1.54, 1.807) is 5.32 Å². The highest BCUT2D eigenvalue weighted by atomic mass is 19.4. The molecule has 1 heterocycles. The van der Waals surface area contributed by atoms with Gasteiger partial charge in [0.2, 0.25) is 5.91 Å². The number of carbonyl (C=O) groups excluding carboxylic acids is 1. The molecule has 0 aromatic heterocycles. The maximum Gasteiger partial charge on any atom is 0.408 e. The van der Waals surface area contributed by atoms with Crippen LogP contribution in [-0.4, -0.2) is 18.1 Å². The van der Waals surface area contributed by atoms with Gasteiger partial charge in [0.05, 0.1) is 0 Å². The predicted octanol–water partition coefficient (Wildman–Crippen LogP) is 0.993. The second-order valence-electron chi connectivity index (χ2n) is 2.24. The number of amides is 1. The van der Waals surface area contributed by atoms with Crippen LogP contribution in [0.15, 0.2) is 12.2 Å². The maximum atomic E-state index is 11.9. The largest absolute Gasteiger partial charge is 0.408 e. The highest BCUT2D eigenvalue weighted by Crippen LogP contribution is 2.23. The van der Waals surface area contributed by atoms with Crippen LogP contribution >= 0.6 is 0 Å². The lowest BCUT2D eigenvalue weighted by molar-refractivity contribution is -0.160. The average Bonchev–Trinajstić information content (AvgIpc) is 1.86. The molecule has 1 amide bonds. The third-order valence-electron chi connectivity index (χ3n) is 1.35. The molecule has 0 radical (unpaired) electrons. The molecule has 0 fully saturated rings. The van der Waals surface area contributed by atoms with E-state index in [0.717, 1.165) is 6.08 Å². The van der Waals surface area contributed by atoms with Crippen LogP contribution in [0.3, 0.4) is 0 Å². The Bertz CT molecular complexity index is 196. The molecule has 0 aliphatic carbocycles. The van der Waals surface area contributed by atoms with E-state index < -0.39 is 18.1 Å². The molecule has 0 aromatic rings. The minimum atomic E-state index is -4.33. The van der Waals surface area contributed by atoms with Crippen molar-refractivity contribution in [2.24, 2.45) is 0 Å². The molecule has 5 heteroatoms. The van der Waals surface area contributed by atoms with E-state index in [4.69, 9.17) is 0 Å². The van der Waals surface area contributed by atoms with Gasteiger partial charge in [-0.3, -0.25) is 4.79 Å². The van der Waals surface area contributed by atoms with Gasteiger partial charge in [-0.25, -0.2) is 0 Å². The van der Waals surface area contributed by atoms with E-state index in [1.165, 1.54) is 6.08 Å². The van der Waals surface area contributed by atoms with Crippen molar-refractivity contribution in [3.8, 4) is 0 Å². The van der Waals surface area contributed by atoms with E-state index in [1.807, 2.05) is 0 Å². The summed E-state index contributed by atoms with van der Waals surface area (Å²) >= 11 is 0. The average molecular weight is 165 g/mol. The summed E-state index contributed by atoms with van der Waals surface area (Å²) in [6, 6.07) is -1.71. The van der Waals surface area contributed by atoms with Crippen molar-refractivity contribution in [3.05, 3.63) is 12.2 Å². The number of hydrogen-bond donors (Lipinski definition) is 1. The number of alkyl halides is 3. The van der Waals surface area contributed by atoms with Crippen molar-refractivity contribution < 1.29 is 18.0 Å². The molecule has 1 N–H and O–H groups in total. The highest BCUT2D eigenvalue weighted by Gasteiger charge is 2.40. The van der Waals surface area contributed by atoms with Crippen molar-refractivity contribution in [1.82, 2.24) is 5.32 Å². The number of rotatable bonds is 0. The molecule has 1 aliphatic heterocycles. The fourth-order valence-electron chi connectivity index (χ4n) is 0.805. The van der Waals surface area contributed by atoms with Crippen molar-refractivity contribution in [2.75, 3.05) is 0 Å². The molecule has 0 bridgehead atoms. The number of halogens is 3. The predicted molar refractivity (Wildman–Crippen MR) is 31.7 cm³/mol. The standard InChI is InChI=1S/C6H6F3NO/c7-6(8,9)4-2-1-3-5(11)10-4/h1,3-4H,2H2,(H,10,11). The second kappa shape index (κ2) is 2.56. The Balaban J connectivity index is 2.64. The maximum absolute atomic E-state index is 11.9. The first-order valence-electron chi connectivity index (χ1n) is 3.04. The Labute approximate surface area is 61.1 Å². The highest BCUT2D eigenvalue weighted by molar-refractivity contribution is 5.88. The van der Waals surface area contributed by atoms with Crippen LogP contribution < -0.4 is 5.32 Å². The van der Waals surface area contributed by atoms with Crippen molar-refractivity contribution in [1.29, 1.82) is 0 Å². The third-order valence-corrected chi connectivity index (χ3v) is 1.35. The van der Waals surface area contributed by atoms with Crippen LogP contribution in [0.5, 0.6) is 0 Å². The van der Waals surface area contributed by atoms with Crippen LogP contribution in [0.2, 0.25) is 0 Å². The summed E-state index contributed by atoms with van der Waals surface area (Å²) in [4.78, 5) is 10.4. The Morgan fingerprint density at radius 3 is 2.55 bits per heavy atom. The molecule has 62 valence electrons. The first-order chi connectivity index (χ1) is 5.00. The fourth-order valence-corrected chi connectivity index (χ4v) is 0.805. The van der Waals surface area contributed by atoms with Gasteiger partial charge in [-0.1, -0.05) is 6.08 Å². The first kappa shape index (κ1) is 8.10. The van der Waals surface area contributed by atoms with Crippen LogP contribution in [-0.2, 0) is 4.79 Å². The monoisotopic (exact) mass is 165 g/mol. The Morgan fingerprint density at radius 1 is 1.55 bits per heavy atom. The normalized spacial score (nSPS) is 25.0. The Kier molecular flexibility index (Phi) is 1.89. The smallest absolute Gasteiger partial charge is 0.341 e. The summed E-state index contributed by atoms with van der Waals surface area (Å²) in [7, 11) is 0. The van der Waals surface area contributed by atoms with Crippen LogP contribution in [0.25, 0.3) is 0 Å². The molecule has 2 nitrogen and oxygen atoms in total. The van der Waals surface area contributed by atoms with Gasteiger partial charge in [0, 0.05) is 0 Å². The van der Waals surface area contributed by atoms with Crippen LogP contribution in [0, 0.1) is 0 Å². The number of nitrogens with one attached hydrogen (secondary N) is 1. The molecule has 0 saturated carbocycles. The lowest BCUT2D eigenvalue weighted by Crippen LogP contribution is -2.46. The SMILES string of the molecule is O=C1C=CCC(C(F)(F)F)N1. The summed E-state index contributed by atoms with van der Waals surface area (Å²) in [6.07, 6.45) is -2.19. The van der Waals surface area contributed by atoms with Gasteiger partial charge in [0.25, 0.3) is 0 Å². The molecular formula is C6H6F3NO. The summed E-state index contributed by atoms with van der Waals surface area (Å²) < 4.78 is 35.6. The third kappa shape index (κ3) is 1.96. The first-order valence-corrected chi connectivity index (χ1v) is 3.04. The van der Waals surface area contributed by atoms with Gasteiger partial charge >= 0.3 is 6.18 Å². The van der Waals surface area contributed by atoms with Gasteiger partial charge in [-0.15, -0.1) is 0 Å².